The van der Waals surface area contributed by atoms with Crippen molar-refractivity contribution in [3.05, 3.63) is 82.9 Å². The number of pyridine rings is 1. The van der Waals surface area contributed by atoms with Crippen LogP contribution in [0.15, 0.2) is 54.7 Å². The van der Waals surface area contributed by atoms with E-state index in [1.807, 2.05) is 31.2 Å². The van der Waals surface area contributed by atoms with Crippen LogP contribution in [0.5, 0.6) is 0 Å². The Morgan fingerprint density at radius 1 is 1.24 bits per heavy atom. The van der Waals surface area contributed by atoms with Gasteiger partial charge >= 0.3 is 5.97 Å². The van der Waals surface area contributed by atoms with Crippen LogP contribution in [0.25, 0.3) is 5.69 Å². The molecule has 2 N–H and O–H groups in total. The normalized spacial score (nSPS) is 22.2. The third-order valence-corrected chi connectivity index (χ3v) is 7.11. The van der Waals surface area contributed by atoms with Crippen molar-refractivity contribution < 1.29 is 14.6 Å². The predicted octanol–water partition coefficient (Wildman–Crippen LogP) is 4.34. The molecule has 4 heterocycles. The number of carboxylic acid groups (broad SMARTS) is 1. The van der Waals surface area contributed by atoms with Gasteiger partial charge in [0.2, 0.25) is 0 Å². The Morgan fingerprint density at radius 3 is 2.79 bits per heavy atom. The number of aryl methyl sites for hydroxylation is 1. The maximum absolute atomic E-state index is 11.6. The Hall–Kier alpha value is -3.23. The minimum Gasteiger partial charge on any atom is -0.478 e. The van der Waals surface area contributed by atoms with Gasteiger partial charge < -0.3 is 24.6 Å². The van der Waals surface area contributed by atoms with Gasteiger partial charge in [0.25, 0.3) is 0 Å². The van der Waals surface area contributed by atoms with Gasteiger partial charge in [0.1, 0.15) is 0 Å². The van der Waals surface area contributed by atoms with Gasteiger partial charge in [0, 0.05) is 36.4 Å². The molecule has 34 heavy (non-hydrogen) atoms. The smallest absolute Gasteiger partial charge is 0.335 e. The highest BCUT2D eigenvalue weighted by Crippen LogP contribution is 2.42. The van der Waals surface area contributed by atoms with E-state index in [4.69, 9.17) is 17.0 Å². The van der Waals surface area contributed by atoms with E-state index in [1.54, 1.807) is 24.4 Å². The Morgan fingerprint density at radius 2 is 2.09 bits per heavy atom. The van der Waals surface area contributed by atoms with Crippen molar-refractivity contribution in [1.82, 2.24) is 19.8 Å². The van der Waals surface area contributed by atoms with Crippen LogP contribution in [0, 0.1) is 13.8 Å². The Bertz CT molecular complexity index is 1220. The molecular weight excluding hydrogens is 448 g/mol. The second-order valence-corrected chi connectivity index (χ2v) is 9.32. The van der Waals surface area contributed by atoms with E-state index in [-0.39, 0.29) is 23.8 Å². The summed E-state index contributed by atoms with van der Waals surface area (Å²) in [7, 11) is 0. The number of nitrogens with one attached hydrogen (secondary N) is 1. The Balaban J connectivity index is 1.59. The summed E-state index contributed by atoms with van der Waals surface area (Å²) in [4.78, 5) is 18.4. The minimum atomic E-state index is -0.937. The van der Waals surface area contributed by atoms with Crippen LogP contribution in [-0.4, -0.2) is 49.9 Å². The highest BCUT2D eigenvalue weighted by molar-refractivity contribution is 7.80. The lowest BCUT2D eigenvalue weighted by Crippen LogP contribution is -2.36. The molecule has 0 spiro atoms. The number of hydrogen-bond donors (Lipinski definition) is 2. The first kappa shape index (κ1) is 22.6. The van der Waals surface area contributed by atoms with Crippen molar-refractivity contribution >= 4 is 23.3 Å². The van der Waals surface area contributed by atoms with Gasteiger partial charge in [-0.25, -0.2) is 4.79 Å². The Kier molecular flexibility index (Phi) is 6.10. The quantitative estimate of drug-likeness (QED) is 0.513. The molecule has 1 aromatic carbocycles. The van der Waals surface area contributed by atoms with Gasteiger partial charge in [0.15, 0.2) is 5.11 Å². The number of thiocarbonyl (C=S) groups is 1. The van der Waals surface area contributed by atoms with Crippen LogP contribution in [0.1, 0.15) is 57.9 Å². The number of aromatic nitrogens is 2. The summed E-state index contributed by atoms with van der Waals surface area (Å²) in [5, 5.41) is 13.7. The van der Waals surface area contributed by atoms with E-state index in [9.17, 15) is 9.90 Å². The zero-order valence-electron chi connectivity index (χ0n) is 19.3. The molecule has 0 amide bonds. The fourth-order valence-corrected chi connectivity index (χ4v) is 5.53. The first-order chi connectivity index (χ1) is 16.4. The molecule has 2 aliphatic rings. The molecule has 0 aliphatic carbocycles. The van der Waals surface area contributed by atoms with Crippen LogP contribution >= 0.6 is 12.2 Å². The lowest BCUT2D eigenvalue weighted by Gasteiger charge is -2.30. The summed E-state index contributed by atoms with van der Waals surface area (Å²) in [5.41, 5.74) is 5.25. The number of hydrogen-bond acceptors (Lipinski definition) is 4. The molecular formula is C26H28N4O3S. The summed E-state index contributed by atoms with van der Waals surface area (Å²) in [6, 6.07) is 15.0. The number of ether oxygens (including phenoxy) is 1. The molecule has 3 atom stereocenters. The summed E-state index contributed by atoms with van der Waals surface area (Å²) in [6.07, 6.45) is 4.06. The van der Waals surface area contributed by atoms with Crippen LogP contribution < -0.4 is 5.32 Å². The number of nitrogens with zero attached hydrogens (tertiary/aromatic N) is 3. The molecule has 8 heteroatoms. The maximum atomic E-state index is 11.6. The average Bonchev–Trinajstić information content (AvgIpc) is 3.53. The lowest BCUT2D eigenvalue weighted by molar-refractivity contribution is 0.0696. The number of carbonyl (C=O) groups is 1. The van der Waals surface area contributed by atoms with Crippen LogP contribution in [0.2, 0.25) is 0 Å². The first-order valence-electron chi connectivity index (χ1n) is 11.6. The topological polar surface area (TPSA) is 79.6 Å². The molecule has 3 aromatic rings. The van der Waals surface area contributed by atoms with Crippen LogP contribution in [-0.2, 0) is 4.74 Å². The highest BCUT2D eigenvalue weighted by Gasteiger charge is 2.42. The summed E-state index contributed by atoms with van der Waals surface area (Å²) >= 11 is 5.81. The third-order valence-electron chi connectivity index (χ3n) is 6.76. The van der Waals surface area contributed by atoms with Crippen molar-refractivity contribution in [3.8, 4) is 5.69 Å². The number of carboxylic acids is 1. The van der Waals surface area contributed by atoms with Crippen molar-refractivity contribution in [3.63, 3.8) is 0 Å². The van der Waals surface area contributed by atoms with E-state index >= 15 is 0 Å². The molecule has 0 radical (unpaired) electrons. The standard InChI is InChI=1S/C26H28N4O3S/c1-16-13-21(17(2)30(16)19-8-5-7-18(14-19)25(31)32)24-23(22-10-3-4-11-27-22)28-26(34)29(24)15-20-9-6-12-33-20/h3-5,7-8,10-11,13-14,20,23-24H,6,9,12,15H2,1-2H3,(H,28,34)(H,31,32)/t20-,23+,24-/m0/s1. The Labute approximate surface area is 204 Å². The zero-order chi connectivity index (χ0) is 23.8. The zero-order valence-corrected chi connectivity index (χ0v) is 20.1. The molecule has 0 bridgehead atoms. The summed E-state index contributed by atoms with van der Waals surface area (Å²) in [5.74, 6) is -0.937. The summed E-state index contributed by atoms with van der Waals surface area (Å²) in [6.45, 7) is 5.64. The lowest BCUT2D eigenvalue weighted by atomic mass is 9.96. The van der Waals surface area contributed by atoms with Gasteiger partial charge in [-0.05, 0) is 80.9 Å². The number of aromatic carboxylic acids is 1. The van der Waals surface area contributed by atoms with Crippen molar-refractivity contribution in [2.45, 2.75) is 44.9 Å². The highest BCUT2D eigenvalue weighted by atomic mass is 32.1. The number of benzene rings is 1. The molecule has 176 valence electrons. The minimum absolute atomic E-state index is 0.0609. The fourth-order valence-electron chi connectivity index (χ4n) is 5.21. The summed E-state index contributed by atoms with van der Waals surface area (Å²) < 4.78 is 8.06. The molecule has 2 aliphatic heterocycles. The predicted molar refractivity (Wildman–Crippen MR) is 133 cm³/mol. The SMILES string of the molecule is Cc1cc([C@H]2[C@@H](c3ccccn3)NC(=S)N2C[C@@H]2CCCO2)c(C)n1-c1cccc(C(=O)O)c1. The van der Waals surface area contributed by atoms with Crippen LogP contribution in [0.4, 0.5) is 0 Å². The molecule has 0 saturated carbocycles. The monoisotopic (exact) mass is 476 g/mol. The number of rotatable bonds is 6. The van der Waals surface area contributed by atoms with Gasteiger partial charge in [0.05, 0.1) is 29.4 Å². The van der Waals surface area contributed by atoms with Crippen LogP contribution in [0.3, 0.4) is 0 Å². The first-order valence-corrected chi connectivity index (χ1v) is 12.0. The van der Waals surface area contributed by atoms with E-state index < -0.39 is 5.97 Å². The van der Waals surface area contributed by atoms with Crippen molar-refractivity contribution in [2.24, 2.45) is 0 Å². The molecule has 7 nitrogen and oxygen atoms in total. The molecule has 0 unspecified atom stereocenters. The second-order valence-electron chi connectivity index (χ2n) is 8.93. The van der Waals surface area contributed by atoms with Crippen molar-refractivity contribution in [1.29, 1.82) is 0 Å². The van der Waals surface area contributed by atoms with E-state index in [0.29, 0.717) is 5.11 Å². The van der Waals surface area contributed by atoms with Gasteiger partial charge in [-0.2, -0.15) is 0 Å². The van der Waals surface area contributed by atoms with E-state index in [2.05, 4.69) is 32.8 Å². The molecule has 5 rings (SSSR count). The fraction of sp³-hybridized carbons (Fsp3) is 0.346. The van der Waals surface area contributed by atoms with Gasteiger partial charge in [-0.1, -0.05) is 12.1 Å². The van der Waals surface area contributed by atoms with Crippen molar-refractivity contribution in [2.75, 3.05) is 13.2 Å². The van der Waals surface area contributed by atoms with E-state index in [0.717, 1.165) is 54.3 Å². The van der Waals surface area contributed by atoms with Gasteiger partial charge in [-0.15, -0.1) is 0 Å². The maximum Gasteiger partial charge on any atom is 0.335 e. The average molecular weight is 477 g/mol. The molecule has 2 fully saturated rings. The third kappa shape index (κ3) is 4.08. The largest absolute Gasteiger partial charge is 0.478 e. The molecule has 2 saturated heterocycles. The van der Waals surface area contributed by atoms with Gasteiger partial charge in [-0.3, -0.25) is 4.98 Å². The van der Waals surface area contributed by atoms with E-state index in [1.165, 1.54) is 0 Å². The second kappa shape index (κ2) is 9.19. The molecule has 2 aromatic heterocycles.